The van der Waals surface area contributed by atoms with Gasteiger partial charge in [0.15, 0.2) is 4.67 Å². The molecule has 0 atom stereocenters. The maximum Gasteiger partial charge on any atom is 0.374 e. The molecule has 0 saturated carbocycles. The summed E-state index contributed by atoms with van der Waals surface area (Å²) in [5.41, 5.74) is 0. The van der Waals surface area contributed by atoms with Crippen molar-refractivity contribution in [1.29, 1.82) is 0 Å². The average molecular weight is 390 g/mol. The topological polar surface area (TPSA) is 48.7 Å². The zero-order chi connectivity index (χ0) is 13.7. The number of carbonyl (C=O) groups is 1. The van der Waals surface area contributed by atoms with Crippen molar-refractivity contribution in [1.82, 2.24) is 0 Å². The minimum Gasteiger partial charge on any atom is -0.490 e. The summed E-state index contributed by atoms with van der Waals surface area (Å²) < 4.78 is 16.9. The van der Waals surface area contributed by atoms with Crippen LogP contribution in [-0.4, -0.2) is 19.2 Å². The second-order valence-corrected chi connectivity index (χ2v) is 5.24. The van der Waals surface area contributed by atoms with E-state index in [1.165, 1.54) is 0 Å². The molecule has 100 valence electrons. The normalized spacial score (nSPS) is 10.2. The number of halogens is 2. The summed E-state index contributed by atoms with van der Waals surface area (Å²) in [7, 11) is 0. The molecule has 2 rings (SSSR count). The van der Waals surface area contributed by atoms with Crippen LogP contribution in [0.25, 0.3) is 0 Å². The Morgan fingerprint density at radius 3 is 2.68 bits per heavy atom. The second kappa shape index (κ2) is 6.77. The van der Waals surface area contributed by atoms with Crippen molar-refractivity contribution in [2.45, 2.75) is 0 Å². The minimum atomic E-state index is -0.511. The monoisotopic (exact) mass is 388 g/mol. The Morgan fingerprint density at radius 2 is 2.00 bits per heavy atom. The van der Waals surface area contributed by atoms with Gasteiger partial charge in [0.05, 0.1) is 0 Å². The summed E-state index contributed by atoms with van der Waals surface area (Å²) in [4.78, 5) is 11.5. The molecule has 0 saturated heterocycles. The maximum atomic E-state index is 11.5. The number of carbonyl (C=O) groups excluding carboxylic acids is 1. The van der Waals surface area contributed by atoms with E-state index in [0.29, 0.717) is 10.4 Å². The average Bonchev–Trinajstić information content (AvgIpc) is 2.81. The summed E-state index contributed by atoms with van der Waals surface area (Å²) >= 11 is 6.46. The van der Waals surface area contributed by atoms with Gasteiger partial charge in [0.25, 0.3) is 0 Å². The van der Waals surface area contributed by atoms with E-state index < -0.39 is 5.97 Å². The number of ether oxygens (including phenoxy) is 2. The lowest BCUT2D eigenvalue weighted by molar-refractivity contribution is 0.0413. The van der Waals surface area contributed by atoms with E-state index in [4.69, 9.17) is 13.9 Å². The lowest BCUT2D eigenvalue weighted by atomic mass is 10.3. The minimum absolute atomic E-state index is 0.156. The van der Waals surface area contributed by atoms with Crippen LogP contribution < -0.4 is 4.74 Å². The highest BCUT2D eigenvalue weighted by molar-refractivity contribution is 9.10. The highest BCUT2D eigenvalue weighted by atomic mass is 79.9. The van der Waals surface area contributed by atoms with Crippen LogP contribution in [0.4, 0.5) is 0 Å². The molecule has 0 aliphatic rings. The molecule has 0 N–H and O–H groups in total. The molecule has 1 aromatic heterocycles. The van der Waals surface area contributed by atoms with Crippen molar-refractivity contribution in [2.24, 2.45) is 0 Å². The molecule has 1 heterocycles. The third-order valence-corrected chi connectivity index (χ3v) is 3.08. The van der Waals surface area contributed by atoms with Crippen LogP contribution in [0.3, 0.4) is 0 Å². The Hall–Kier alpha value is -1.27. The fraction of sp³-hybridized carbons (Fsp3) is 0.154. The molecule has 19 heavy (non-hydrogen) atoms. The molecule has 4 nitrogen and oxygen atoms in total. The van der Waals surface area contributed by atoms with E-state index in [9.17, 15) is 4.79 Å². The number of furan rings is 1. The van der Waals surface area contributed by atoms with Crippen LogP contribution in [0.2, 0.25) is 0 Å². The van der Waals surface area contributed by atoms with Crippen molar-refractivity contribution in [3.05, 3.63) is 51.3 Å². The van der Waals surface area contributed by atoms with Gasteiger partial charge in [-0.1, -0.05) is 22.0 Å². The van der Waals surface area contributed by atoms with Crippen LogP contribution in [0.5, 0.6) is 5.75 Å². The van der Waals surface area contributed by atoms with Gasteiger partial charge in [-0.2, -0.15) is 0 Å². The van der Waals surface area contributed by atoms with E-state index in [1.54, 1.807) is 12.1 Å². The number of hydrogen-bond donors (Lipinski definition) is 0. The molecule has 1 aromatic carbocycles. The highest BCUT2D eigenvalue weighted by Gasteiger charge is 2.11. The molecular formula is C13H10Br2O4. The first-order chi connectivity index (χ1) is 9.15. The van der Waals surface area contributed by atoms with E-state index >= 15 is 0 Å². The van der Waals surface area contributed by atoms with Gasteiger partial charge >= 0.3 is 5.97 Å². The first-order valence-corrected chi connectivity index (χ1v) is 7.04. The van der Waals surface area contributed by atoms with Gasteiger partial charge in [-0.25, -0.2) is 4.79 Å². The van der Waals surface area contributed by atoms with E-state index in [1.807, 2.05) is 24.3 Å². The fourth-order valence-corrected chi connectivity index (χ4v) is 2.03. The largest absolute Gasteiger partial charge is 0.490 e. The van der Waals surface area contributed by atoms with Crippen molar-refractivity contribution in [2.75, 3.05) is 13.2 Å². The van der Waals surface area contributed by atoms with Gasteiger partial charge in [0, 0.05) is 4.47 Å². The summed E-state index contributed by atoms with van der Waals surface area (Å²) in [5.74, 6) is 0.365. The fourth-order valence-electron chi connectivity index (χ4n) is 1.35. The molecule has 0 aliphatic carbocycles. The first kappa shape index (κ1) is 14.1. The molecule has 6 heteroatoms. The summed E-state index contributed by atoms with van der Waals surface area (Å²) in [6.45, 7) is 0.438. The number of hydrogen-bond acceptors (Lipinski definition) is 4. The summed E-state index contributed by atoms with van der Waals surface area (Å²) in [5, 5.41) is 0. The van der Waals surface area contributed by atoms with Crippen molar-refractivity contribution < 1.29 is 18.7 Å². The SMILES string of the molecule is O=C(OCCOc1cccc(Br)c1)c1ccc(Br)o1. The van der Waals surface area contributed by atoms with Gasteiger partial charge < -0.3 is 13.9 Å². The lowest BCUT2D eigenvalue weighted by Gasteiger charge is -2.06. The summed E-state index contributed by atoms with van der Waals surface area (Å²) in [6.07, 6.45) is 0. The van der Waals surface area contributed by atoms with Crippen molar-refractivity contribution in [3.8, 4) is 5.75 Å². The lowest BCUT2D eigenvalue weighted by Crippen LogP contribution is -2.11. The zero-order valence-corrected chi connectivity index (χ0v) is 12.9. The third-order valence-electron chi connectivity index (χ3n) is 2.16. The van der Waals surface area contributed by atoms with Gasteiger partial charge in [0.1, 0.15) is 19.0 Å². The molecule has 0 amide bonds. The quantitative estimate of drug-likeness (QED) is 0.572. The van der Waals surface area contributed by atoms with Crippen molar-refractivity contribution >= 4 is 37.8 Å². The highest BCUT2D eigenvalue weighted by Crippen LogP contribution is 2.18. The van der Waals surface area contributed by atoms with Crippen molar-refractivity contribution in [3.63, 3.8) is 0 Å². The second-order valence-electron chi connectivity index (χ2n) is 3.55. The number of rotatable bonds is 5. The first-order valence-electron chi connectivity index (χ1n) is 5.46. The van der Waals surface area contributed by atoms with E-state index in [2.05, 4.69) is 31.9 Å². The maximum absolute atomic E-state index is 11.5. The Balaban J connectivity index is 1.74. The smallest absolute Gasteiger partial charge is 0.374 e. The molecule has 0 fully saturated rings. The predicted molar refractivity (Wildman–Crippen MR) is 76.3 cm³/mol. The van der Waals surface area contributed by atoms with Gasteiger partial charge in [0.2, 0.25) is 5.76 Å². The number of esters is 1. The van der Waals surface area contributed by atoms with Crippen LogP contribution >= 0.6 is 31.9 Å². The van der Waals surface area contributed by atoms with Gasteiger partial charge in [-0.15, -0.1) is 0 Å². The molecule has 0 radical (unpaired) electrons. The van der Waals surface area contributed by atoms with E-state index in [-0.39, 0.29) is 19.0 Å². The van der Waals surface area contributed by atoms with Crippen LogP contribution in [0, 0.1) is 0 Å². The van der Waals surface area contributed by atoms with Crippen LogP contribution in [-0.2, 0) is 4.74 Å². The van der Waals surface area contributed by atoms with Crippen LogP contribution in [0.15, 0.2) is 50.0 Å². The molecular weight excluding hydrogens is 380 g/mol. The third kappa shape index (κ3) is 4.40. The standard InChI is InChI=1S/C13H10Br2O4/c14-9-2-1-3-10(8-9)17-6-7-18-13(16)11-4-5-12(15)19-11/h1-5,8H,6-7H2. The molecule has 0 spiro atoms. The van der Waals surface area contributed by atoms with Gasteiger partial charge in [-0.05, 0) is 46.3 Å². The zero-order valence-electron chi connectivity index (χ0n) is 9.77. The summed E-state index contributed by atoms with van der Waals surface area (Å²) in [6, 6.07) is 10.6. The van der Waals surface area contributed by atoms with Crippen LogP contribution in [0.1, 0.15) is 10.6 Å². The predicted octanol–water partition coefficient (Wildman–Crippen LogP) is 4.04. The molecule has 2 aromatic rings. The Kier molecular flexibility index (Phi) is 5.04. The molecule has 0 bridgehead atoms. The number of benzene rings is 1. The Morgan fingerprint density at radius 1 is 1.16 bits per heavy atom. The molecule has 0 aliphatic heterocycles. The van der Waals surface area contributed by atoms with Gasteiger partial charge in [-0.3, -0.25) is 0 Å². The Bertz CT molecular complexity index is 565. The Labute approximate surface area is 127 Å². The molecule has 0 unspecified atom stereocenters. The van der Waals surface area contributed by atoms with E-state index in [0.717, 1.165) is 4.47 Å².